The first-order valence-electron chi connectivity index (χ1n) is 10.0. The van der Waals surface area contributed by atoms with Gasteiger partial charge in [0.05, 0.1) is 5.69 Å². The van der Waals surface area contributed by atoms with Crippen LogP contribution in [0.5, 0.6) is 0 Å². The average molecular weight is 455 g/mol. The molecule has 0 atom stereocenters. The standard InChI is InChI=1S/C21H22N6O4S/c28-20(17-26-21(29)27(23-22-26)19-9-5-2-6-10-19)24-12-14-25(15-13-24)32(30,31)16-11-18-7-3-1-4-8-18/h1-11,16H,12-15,17H2/b16-11+. The van der Waals surface area contributed by atoms with Crippen molar-refractivity contribution in [2.75, 3.05) is 26.2 Å². The fourth-order valence-corrected chi connectivity index (χ4v) is 4.51. The third-order valence-corrected chi connectivity index (χ3v) is 6.67. The minimum absolute atomic E-state index is 0.179. The number of benzene rings is 2. The molecule has 1 saturated heterocycles. The van der Waals surface area contributed by atoms with Crippen molar-refractivity contribution in [2.24, 2.45) is 0 Å². The highest BCUT2D eigenvalue weighted by molar-refractivity contribution is 7.92. The van der Waals surface area contributed by atoms with Crippen molar-refractivity contribution in [1.82, 2.24) is 29.0 Å². The van der Waals surface area contributed by atoms with Crippen LogP contribution in [-0.2, 0) is 21.4 Å². The second-order valence-electron chi connectivity index (χ2n) is 7.20. The molecule has 3 aromatic rings. The number of hydrogen-bond donors (Lipinski definition) is 0. The van der Waals surface area contributed by atoms with Gasteiger partial charge in [-0.2, -0.15) is 13.7 Å². The third kappa shape index (κ3) is 4.84. The van der Waals surface area contributed by atoms with E-state index in [1.807, 2.05) is 36.4 Å². The van der Waals surface area contributed by atoms with Gasteiger partial charge in [-0.3, -0.25) is 4.79 Å². The molecule has 2 heterocycles. The maximum Gasteiger partial charge on any atom is 0.368 e. The van der Waals surface area contributed by atoms with Gasteiger partial charge in [-0.25, -0.2) is 13.2 Å². The van der Waals surface area contributed by atoms with Gasteiger partial charge in [-0.15, -0.1) is 0 Å². The SMILES string of the molecule is O=C(Cn1nnn(-c2ccccc2)c1=O)N1CCN(S(=O)(=O)/C=C/c2ccccc2)CC1. The zero-order valence-electron chi connectivity index (χ0n) is 17.2. The fraction of sp³-hybridized carbons (Fsp3) is 0.238. The highest BCUT2D eigenvalue weighted by Gasteiger charge is 2.28. The van der Waals surface area contributed by atoms with Crippen molar-refractivity contribution in [1.29, 1.82) is 0 Å². The van der Waals surface area contributed by atoms with Crippen LogP contribution in [0.4, 0.5) is 0 Å². The summed E-state index contributed by atoms with van der Waals surface area (Å²) in [6, 6.07) is 18.0. The molecular formula is C21H22N6O4S. The van der Waals surface area contributed by atoms with E-state index < -0.39 is 15.7 Å². The van der Waals surface area contributed by atoms with Crippen LogP contribution in [0.1, 0.15) is 5.56 Å². The molecule has 166 valence electrons. The topological polar surface area (TPSA) is 110 Å². The van der Waals surface area contributed by atoms with Crippen LogP contribution in [0.3, 0.4) is 0 Å². The first-order valence-corrected chi connectivity index (χ1v) is 11.5. The summed E-state index contributed by atoms with van der Waals surface area (Å²) in [5.74, 6) is -0.316. The molecule has 1 aliphatic heterocycles. The van der Waals surface area contributed by atoms with E-state index in [1.165, 1.54) is 14.6 Å². The molecule has 0 N–H and O–H groups in total. The fourth-order valence-electron chi connectivity index (χ4n) is 3.34. The molecule has 1 aliphatic rings. The highest BCUT2D eigenvalue weighted by atomic mass is 32.2. The molecule has 0 aliphatic carbocycles. The Morgan fingerprint density at radius 3 is 2.19 bits per heavy atom. The second-order valence-corrected chi connectivity index (χ2v) is 9.02. The van der Waals surface area contributed by atoms with E-state index in [0.717, 1.165) is 14.9 Å². The van der Waals surface area contributed by atoms with Crippen molar-refractivity contribution in [3.05, 3.63) is 82.1 Å². The number of amides is 1. The minimum Gasteiger partial charge on any atom is -0.338 e. The van der Waals surface area contributed by atoms with Gasteiger partial charge in [0.2, 0.25) is 15.9 Å². The van der Waals surface area contributed by atoms with Crippen LogP contribution in [0.25, 0.3) is 11.8 Å². The highest BCUT2D eigenvalue weighted by Crippen LogP contribution is 2.12. The zero-order valence-corrected chi connectivity index (χ0v) is 18.0. The van der Waals surface area contributed by atoms with E-state index in [2.05, 4.69) is 10.4 Å². The van der Waals surface area contributed by atoms with Crippen LogP contribution in [-0.4, -0.2) is 69.5 Å². The molecule has 4 rings (SSSR count). The Morgan fingerprint density at radius 2 is 1.53 bits per heavy atom. The number of tetrazole rings is 1. The molecule has 1 aromatic heterocycles. The lowest BCUT2D eigenvalue weighted by atomic mass is 10.2. The number of rotatable bonds is 6. The van der Waals surface area contributed by atoms with Gasteiger partial charge < -0.3 is 4.90 Å². The third-order valence-electron chi connectivity index (χ3n) is 5.11. The van der Waals surface area contributed by atoms with Crippen molar-refractivity contribution in [2.45, 2.75) is 6.54 Å². The number of carbonyl (C=O) groups is 1. The molecule has 1 fully saturated rings. The van der Waals surface area contributed by atoms with Gasteiger partial charge in [0.25, 0.3) is 0 Å². The van der Waals surface area contributed by atoms with Gasteiger partial charge in [-0.1, -0.05) is 48.5 Å². The summed E-state index contributed by atoms with van der Waals surface area (Å²) < 4.78 is 28.6. The lowest BCUT2D eigenvalue weighted by Gasteiger charge is -2.33. The van der Waals surface area contributed by atoms with Crippen LogP contribution in [0.2, 0.25) is 0 Å². The molecule has 2 aromatic carbocycles. The molecule has 0 radical (unpaired) electrons. The molecule has 0 unspecified atom stereocenters. The number of hydrogen-bond acceptors (Lipinski definition) is 6. The van der Waals surface area contributed by atoms with Crippen LogP contribution >= 0.6 is 0 Å². The first-order chi connectivity index (χ1) is 15.4. The molecular weight excluding hydrogens is 432 g/mol. The summed E-state index contributed by atoms with van der Waals surface area (Å²) in [6.45, 7) is 0.571. The Morgan fingerprint density at radius 1 is 0.906 bits per heavy atom. The summed E-state index contributed by atoms with van der Waals surface area (Å²) in [5.41, 5.74) is 0.828. The Hall–Kier alpha value is -3.57. The normalized spacial score (nSPS) is 15.3. The predicted octanol–water partition coefficient (Wildman–Crippen LogP) is 0.574. The van der Waals surface area contributed by atoms with Crippen molar-refractivity contribution >= 4 is 22.0 Å². The van der Waals surface area contributed by atoms with Gasteiger partial charge in [-0.05, 0) is 34.2 Å². The maximum absolute atomic E-state index is 12.6. The number of nitrogens with zero attached hydrogens (tertiary/aromatic N) is 6. The van der Waals surface area contributed by atoms with E-state index in [0.29, 0.717) is 5.69 Å². The molecule has 32 heavy (non-hydrogen) atoms. The summed E-state index contributed by atoms with van der Waals surface area (Å²) in [5, 5.41) is 8.80. The summed E-state index contributed by atoms with van der Waals surface area (Å²) in [4.78, 5) is 26.7. The maximum atomic E-state index is 12.6. The van der Waals surface area contributed by atoms with Crippen molar-refractivity contribution in [3.8, 4) is 5.69 Å². The van der Waals surface area contributed by atoms with Crippen LogP contribution < -0.4 is 5.69 Å². The molecule has 0 spiro atoms. The lowest BCUT2D eigenvalue weighted by molar-refractivity contribution is -0.133. The Kier molecular flexibility index (Phi) is 6.28. The molecule has 0 saturated carbocycles. The largest absolute Gasteiger partial charge is 0.368 e. The Balaban J connectivity index is 1.35. The molecule has 11 heteroatoms. The van der Waals surface area contributed by atoms with Gasteiger partial charge in [0.1, 0.15) is 6.54 Å². The number of carbonyl (C=O) groups excluding carboxylic acids is 1. The Bertz CT molecular complexity index is 1260. The molecule has 10 nitrogen and oxygen atoms in total. The number of piperazine rings is 1. The van der Waals surface area contributed by atoms with Crippen molar-refractivity contribution < 1.29 is 13.2 Å². The lowest BCUT2D eigenvalue weighted by Crippen LogP contribution is -2.51. The summed E-state index contributed by atoms with van der Waals surface area (Å²) >= 11 is 0. The van der Waals surface area contributed by atoms with Gasteiger partial charge in [0.15, 0.2) is 0 Å². The number of aromatic nitrogens is 4. The molecule has 0 bridgehead atoms. The predicted molar refractivity (Wildman–Crippen MR) is 118 cm³/mol. The van der Waals surface area contributed by atoms with Gasteiger partial charge >= 0.3 is 5.69 Å². The summed E-state index contributed by atoms with van der Waals surface area (Å²) in [7, 11) is -3.59. The molecule has 1 amide bonds. The van der Waals surface area contributed by atoms with E-state index >= 15 is 0 Å². The quantitative estimate of drug-likeness (QED) is 0.539. The zero-order chi connectivity index (χ0) is 22.6. The minimum atomic E-state index is -3.59. The first kappa shape index (κ1) is 21.7. The smallest absolute Gasteiger partial charge is 0.338 e. The van der Waals surface area contributed by atoms with E-state index in [1.54, 1.807) is 30.3 Å². The van der Waals surface area contributed by atoms with E-state index in [4.69, 9.17) is 0 Å². The Labute approximate surface area is 185 Å². The van der Waals surface area contributed by atoms with Crippen LogP contribution in [0, 0.1) is 0 Å². The second kappa shape index (κ2) is 9.28. The number of para-hydroxylation sites is 1. The van der Waals surface area contributed by atoms with E-state index in [-0.39, 0.29) is 38.6 Å². The summed E-state index contributed by atoms with van der Waals surface area (Å²) in [6.07, 6.45) is 1.55. The van der Waals surface area contributed by atoms with Crippen LogP contribution in [0.15, 0.2) is 70.9 Å². The van der Waals surface area contributed by atoms with Gasteiger partial charge in [0, 0.05) is 31.6 Å². The van der Waals surface area contributed by atoms with Crippen molar-refractivity contribution in [3.63, 3.8) is 0 Å². The monoisotopic (exact) mass is 454 g/mol. The van der Waals surface area contributed by atoms with E-state index in [9.17, 15) is 18.0 Å². The average Bonchev–Trinajstić information content (AvgIpc) is 3.19. The number of sulfonamides is 1.